The molecule has 0 fully saturated rings. The third kappa shape index (κ3) is 3.14. The quantitative estimate of drug-likeness (QED) is 0.625. The monoisotopic (exact) mass is 268 g/mol. The Morgan fingerprint density at radius 2 is 2.05 bits per heavy atom. The number of benzene rings is 1. The van der Waals surface area contributed by atoms with Crippen LogP contribution in [-0.4, -0.2) is 22.0 Å². The molecule has 0 atom stereocenters. The van der Waals surface area contributed by atoms with Crippen molar-refractivity contribution in [2.75, 3.05) is 6.54 Å². The number of rotatable bonds is 6. The molecular formula is C16H20N4. The lowest BCUT2D eigenvalue weighted by Gasteiger charge is -2.05. The highest BCUT2D eigenvalue weighted by molar-refractivity contribution is 5.60. The lowest BCUT2D eigenvalue weighted by atomic mass is 10.1. The average Bonchev–Trinajstić information content (AvgIpc) is 3.16. The molecule has 1 aromatic carbocycles. The van der Waals surface area contributed by atoms with Crippen molar-refractivity contribution in [2.45, 2.75) is 32.2 Å². The lowest BCUT2D eigenvalue weighted by Crippen LogP contribution is -2.16. The summed E-state index contributed by atoms with van der Waals surface area (Å²) in [7, 11) is 0. The first-order chi connectivity index (χ1) is 9.93. The molecule has 0 radical (unpaired) electrons. The normalized spacial score (nSPS) is 14.5. The molecule has 0 saturated carbocycles. The van der Waals surface area contributed by atoms with E-state index in [2.05, 4.69) is 38.9 Å². The van der Waals surface area contributed by atoms with E-state index in [9.17, 15) is 0 Å². The van der Waals surface area contributed by atoms with Gasteiger partial charge in [-0.1, -0.05) is 42.0 Å². The highest BCUT2D eigenvalue weighted by atomic mass is 15.3. The molecule has 1 aliphatic rings. The fraction of sp³-hybridized carbons (Fsp3) is 0.375. The van der Waals surface area contributed by atoms with E-state index >= 15 is 0 Å². The number of hydrogen-bond acceptors (Lipinski definition) is 3. The third-order valence-corrected chi connectivity index (χ3v) is 3.72. The fourth-order valence-electron chi connectivity index (χ4n) is 2.62. The van der Waals surface area contributed by atoms with Crippen LogP contribution in [0, 0.1) is 0 Å². The minimum absolute atomic E-state index is 0.758. The Morgan fingerprint density at radius 3 is 2.85 bits per heavy atom. The number of hydrogen-bond donors (Lipinski definition) is 2. The smallest absolute Gasteiger partial charge is 0.117 e. The number of aromatic amines is 1. The first-order valence-corrected chi connectivity index (χ1v) is 7.27. The first-order valence-electron chi connectivity index (χ1n) is 7.27. The van der Waals surface area contributed by atoms with Gasteiger partial charge in [-0.25, -0.2) is 0 Å². The van der Waals surface area contributed by atoms with Gasteiger partial charge in [0, 0.05) is 12.1 Å². The molecule has 1 aromatic heterocycles. The molecular weight excluding hydrogens is 248 g/mol. The maximum Gasteiger partial charge on any atom is 0.117 e. The van der Waals surface area contributed by atoms with E-state index < -0.39 is 0 Å². The SMILES string of the molecule is C1=C(CCNCc2n[nH]nc2-c2ccccc2)CCC1. The van der Waals surface area contributed by atoms with E-state index in [0.717, 1.165) is 36.5 Å². The van der Waals surface area contributed by atoms with Crippen molar-refractivity contribution in [3.63, 3.8) is 0 Å². The van der Waals surface area contributed by atoms with Crippen LogP contribution in [0.2, 0.25) is 0 Å². The molecule has 1 heterocycles. The highest BCUT2D eigenvalue weighted by Crippen LogP contribution is 2.20. The molecule has 20 heavy (non-hydrogen) atoms. The minimum atomic E-state index is 0.758. The van der Waals surface area contributed by atoms with Gasteiger partial charge in [0.25, 0.3) is 0 Å². The largest absolute Gasteiger partial charge is 0.311 e. The molecule has 0 saturated heterocycles. The Hall–Kier alpha value is -1.94. The summed E-state index contributed by atoms with van der Waals surface area (Å²) in [4.78, 5) is 0. The van der Waals surface area contributed by atoms with Gasteiger partial charge in [0.15, 0.2) is 0 Å². The standard InChI is InChI=1S/C16H20N4/c1-2-8-14(9-3-1)16-15(18-20-19-16)12-17-11-10-13-6-4-5-7-13/h1-3,6,8-9,17H,4-5,7,10-12H2,(H,18,19,20). The van der Waals surface area contributed by atoms with Crippen LogP contribution in [0.4, 0.5) is 0 Å². The number of H-pyrrole nitrogens is 1. The number of nitrogens with one attached hydrogen (secondary N) is 2. The van der Waals surface area contributed by atoms with Crippen molar-refractivity contribution in [3.8, 4) is 11.3 Å². The molecule has 2 N–H and O–H groups in total. The Bertz CT molecular complexity index is 571. The van der Waals surface area contributed by atoms with Gasteiger partial charge < -0.3 is 5.32 Å². The minimum Gasteiger partial charge on any atom is -0.311 e. The van der Waals surface area contributed by atoms with Gasteiger partial charge in [-0.15, -0.1) is 0 Å². The Balaban J connectivity index is 1.54. The van der Waals surface area contributed by atoms with E-state index in [0.29, 0.717) is 0 Å². The topological polar surface area (TPSA) is 53.6 Å². The Kier molecular flexibility index (Phi) is 4.23. The van der Waals surface area contributed by atoms with Crippen LogP contribution in [0.3, 0.4) is 0 Å². The predicted octanol–water partition coefficient (Wildman–Crippen LogP) is 3.06. The van der Waals surface area contributed by atoms with Gasteiger partial charge in [0.1, 0.15) is 11.4 Å². The molecule has 0 aliphatic heterocycles. The molecule has 3 rings (SSSR count). The zero-order valence-corrected chi connectivity index (χ0v) is 11.6. The van der Waals surface area contributed by atoms with E-state index in [1.807, 2.05) is 18.2 Å². The number of allylic oxidation sites excluding steroid dienone is 1. The van der Waals surface area contributed by atoms with Crippen molar-refractivity contribution >= 4 is 0 Å². The second kappa shape index (κ2) is 6.48. The van der Waals surface area contributed by atoms with Crippen LogP contribution in [0.15, 0.2) is 42.0 Å². The van der Waals surface area contributed by atoms with Crippen LogP contribution in [0.1, 0.15) is 31.4 Å². The summed E-state index contributed by atoms with van der Waals surface area (Å²) >= 11 is 0. The van der Waals surface area contributed by atoms with Crippen LogP contribution in [0.5, 0.6) is 0 Å². The van der Waals surface area contributed by atoms with Gasteiger partial charge in [-0.05, 0) is 32.2 Å². The Morgan fingerprint density at radius 1 is 1.15 bits per heavy atom. The molecule has 1 aliphatic carbocycles. The van der Waals surface area contributed by atoms with Crippen molar-refractivity contribution in [1.82, 2.24) is 20.7 Å². The fourth-order valence-corrected chi connectivity index (χ4v) is 2.62. The second-order valence-corrected chi connectivity index (χ2v) is 5.17. The summed E-state index contributed by atoms with van der Waals surface area (Å²) in [6.07, 6.45) is 7.40. The van der Waals surface area contributed by atoms with Gasteiger partial charge in [-0.3, -0.25) is 0 Å². The van der Waals surface area contributed by atoms with Crippen LogP contribution in [-0.2, 0) is 6.54 Å². The van der Waals surface area contributed by atoms with Gasteiger partial charge in [0.05, 0.1) is 0 Å². The van der Waals surface area contributed by atoms with Gasteiger partial charge in [0.2, 0.25) is 0 Å². The van der Waals surface area contributed by atoms with Crippen molar-refractivity contribution < 1.29 is 0 Å². The molecule has 0 unspecified atom stereocenters. The number of nitrogens with zero attached hydrogens (tertiary/aromatic N) is 2. The van der Waals surface area contributed by atoms with E-state index in [4.69, 9.17) is 0 Å². The summed E-state index contributed by atoms with van der Waals surface area (Å²) in [5.41, 5.74) is 4.63. The molecule has 4 heteroatoms. The van der Waals surface area contributed by atoms with Crippen LogP contribution in [0.25, 0.3) is 11.3 Å². The van der Waals surface area contributed by atoms with Crippen LogP contribution < -0.4 is 5.32 Å². The predicted molar refractivity (Wildman–Crippen MR) is 80.1 cm³/mol. The number of aromatic nitrogens is 3. The molecule has 2 aromatic rings. The summed E-state index contributed by atoms with van der Waals surface area (Å²) < 4.78 is 0. The van der Waals surface area contributed by atoms with Crippen LogP contribution >= 0.6 is 0 Å². The Labute approximate surface area is 119 Å². The highest BCUT2D eigenvalue weighted by Gasteiger charge is 2.09. The molecule has 0 spiro atoms. The zero-order chi connectivity index (χ0) is 13.6. The van der Waals surface area contributed by atoms with E-state index in [1.165, 1.54) is 19.3 Å². The summed E-state index contributed by atoms with van der Waals surface area (Å²) in [5.74, 6) is 0. The molecule has 4 nitrogen and oxygen atoms in total. The van der Waals surface area contributed by atoms with Crippen molar-refractivity contribution in [1.29, 1.82) is 0 Å². The van der Waals surface area contributed by atoms with Gasteiger partial charge in [-0.2, -0.15) is 15.4 Å². The van der Waals surface area contributed by atoms with E-state index in [-0.39, 0.29) is 0 Å². The molecule has 0 bridgehead atoms. The second-order valence-electron chi connectivity index (χ2n) is 5.17. The molecule has 104 valence electrons. The maximum absolute atomic E-state index is 4.26. The molecule has 0 amide bonds. The maximum atomic E-state index is 4.26. The first kappa shape index (κ1) is 13.1. The summed E-state index contributed by atoms with van der Waals surface area (Å²) in [5, 5.41) is 14.7. The van der Waals surface area contributed by atoms with E-state index in [1.54, 1.807) is 5.57 Å². The summed E-state index contributed by atoms with van der Waals surface area (Å²) in [6, 6.07) is 10.2. The zero-order valence-electron chi connectivity index (χ0n) is 11.6. The van der Waals surface area contributed by atoms with Crippen molar-refractivity contribution in [3.05, 3.63) is 47.7 Å². The summed E-state index contributed by atoms with van der Waals surface area (Å²) in [6.45, 7) is 1.76. The average molecular weight is 268 g/mol. The third-order valence-electron chi connectivity index (χ3n) is 3.72. The van der Waals surface area contributed by atoms with Gasteiger partial charge >= 0.3 is 0 Å². The lowest BCUT2D eigenvalue weighted by molar-refractivity contribution is 0.664. The van der Waals surface area contributed by atoms with Crippen molar-refractivity contribution in [2.24, 2.45) is 0 Å².